The van der Waals surface area contributed by atoms with Gasteiger partial charge in [0, 0.05) is 19.5 Å². The van der Waals surface area contributed by atoms with Crippen molar-refractivity contribution in [2.75, 3.05) is 13.6 Å². The van der Waals surface area contributed by atoms with Gasteiger partial charge in [0.1, 0.15) is 5.82 Å². The number of furan rings is 1. The lowest BCUT2D eigenvalue weighted by Gasteiger charge is -2.20. The van der Waals surface area contributed by atoms with Crippen LogP contribution in [0.1, 0.15) is 22.9 Å². The predicted molar refractivity (Wildman–Crippen MR) is 137 cm³/mol. The lowest BCUT2D eigenvalue weighted by Crippen LogP contribution is -2.39. The van der Waals surface area contributed by atoms with E-state index >= 15 is 0 Å². The highest BCUT2D eigenvalue weighted by atomic mass is 127. The molecule has 0 bridgehead atoms. The van der Waals surface area contributed by atoms with E-state index < -0.39 is 0 Å². The molecule has 8 heteroatoms. The first kappa shape index (κ1) is 23.5. The maximum Gasteiger partial charge on any atom is 0.216 e. The summed E-state index contributed by atoms with van der Waals surface area (Å²) in [5.74, 6) is 2.91. The molecule has 1 atom stereocenters. The number of H-pyrrole nitrogens is 1. The third-order valence-electron chi connectivity index (χ3n) is 5.03. The summed E-state index contributed by atoms with van der Waals surface area (Å²) < 4.78 is 5.33. The van der Waals surface area contributed by atoms with E-state index in [0.29, 0.717) is 35.8 Å². The summed E-state index contributed by atoms with van der Waals surface area (Å²) in [4.78, 5) is 8.80. The summed E-state index contributed by atoms with van der Waals surface area (Å²) >= 11 is 0. The van der Waals surface area contributed by atoms with Crippen LogP contribution in [0.5, 0.6) is 0 Å². The van der Waals surface area contributed by atoms with Crippen LogP contribution in [0, 0.1) is 0 Å². The molecule has 0 amide bonds. The molecule has 0 spiro atoms. The van der Waals surface area contributed by atoms with Crippen LogP contribution in [0.3, 0.4) is 0 Å². The van der Waals surface area contributed by atoms with Crippen LogP contribution in [-0.4, -0.2) is 34.7 Å². The van der Waals surface area contributed by atoms with Crippen LogP contribution >= 0.6 is 24.0 Å². The van der Waals surface area contributed by atoms with Crippen molar-refractivity contribution in [1.82, 2.24) is 25.8 Å². The van der Waals surface area contributed by atoms with Crippen molar-refractivity contribution < 1.29 is 4.42 Å². The first-order valence-electron chi connectivity index (χ1n) is 10.3. The number of aliphatic imine (C=N–C) groups is 1. The molecule has 0 aliphatic carbocycles. The van der Waals surface area contributed by atoms with Gasteiger partial charge in [-0.3, -0.25) is 10.1 Å². The van der Waals surface area contributed by atoms with Crippen molar-refractivity contribution in [2.24, 2.45) is 4.99 Å². The molecule has 0 saturated heterocycles. The molecule has 32 heavy (non-hydrogen) atoms. The molecular formula is C24H27IN6O. The first-order valence-corrected chi connectivity index (χ1v) is 10.3. The second kappa shape index (κ2) is 12.0. The van der Waals surface area contributed by atoms with Gasteiger partial charge in [0.15, 0.2) is 11.7 Å². The number of nitrogens with one attached hydrogen (secondary N) is 3. The maximum absolute atomic E-state index is 5.33. The Morgan fingerprint density at radius 3 is 2.44 bits per heavy atom. The van der Waals surface area contributed by atoms with Crippen LogP contribution in [0.4, 0.5) is 0 Å². The summed E-state index contributed by atoms with van der Waals surface area (Å²) in [5.41, 5.74) is 2.61. The van der Waals surface area contributed by atoms with Gasteiger partial charge in [-0.05, 0) is 29.7 Å². The number of guanidine groups is 1. The molecule has 1 unspecified atom stereocenters. The second-order valence-corrected chi connectivity index (χ2v) is 7.19. The van der Waals surface area contributed by atoms with Crippen LogP contribution in [-0.2, 0) is 13.0 Å². The van der Waals surface area contributed by atoms with Crippen molar-refractivity contribution in [1.29, 1.82) is 0 Å². The van der Waals surface area contributed by atoms with Crippen molar-refractivity contribution in [3.05, 3.63) is 96.0 Å². The van der Waals surface area contributed by atoms with Gasteiger partial charge >= 0.3 is 0 Å². The Kier molecular flexibility index (Phi) is 8.85. The molecule has 0 saturated carbocycles. The molecule has 2 aromatic heterocycles. The lowest BCUT2D eigenvalue weighted by atomic mass is 9.92. The average molecular weight is 542 g/mol. The van der Waals surface area contributed by atoms with Gasteiger partial charge in [-0.2, -0.15) is 0 Å². The van der Waals surface area contributed by atoms with E-state index in [9.17, 15) is 0 Å². The van der Waals surface area contributed by atoms with Gasteiger partial charge in [0.2, 0.25) is 5.82 Å². The number of benzene rings is 2. The monoisotopic (exact) mass is 542 g/mol. The fourth-order valence-corrected chi connectivity index (χ4v) is 3.43. The topological polar surface area (TPSA) is 91.1 Å². The minimum atomic E-state index is 0. The highest BCUT2D eigenvalue weighted by molar-refractivity contribution is 14.0. The third-order valence-corrected chi connectivity index (χ3v) is 5.03. The number of hydrogen-bond donors (Lipinski definition) is 3. The van der Waals surface area contributed by atoms with Gasteiger partial charge in [0.25, 0.3) is 0 Å². The maximum atomic E-state index is 5.33. The molecule has 0 aliphatic rings. The van der Waals surface area contributed by atoms with Crippen LogP contribution in [0.15, 0.2) is 88.5 Å². The summed E-state index contributed by atoms with van der Waals surface area (Å²) in [7, 11) is 1.76. The van der Waals surface area contributed by atoms with Crippen LogP contribution in [0.2, 0.25) is 0 Å². The summed E-state index contributed by atoms with van der Waals surface area (Å²) in [5, 5.41) is 13.9. The van der Waals surface area contributed by atoms with E-state index in [4.69, 9.17) is 4.42 Å². The van der Waals surface area contributed by atoms with Gasteiger partial charge in [-0.15, -0.1) is 29.1 Å². The molecule has 2 heterocycles. The molecule has 2 aromatic carbocycles. The zero-order valence-corrected chi connectivity index (χ0v) is 20.2. The molecule has 4 rings (SSSR count). The number of rotatable bonds is 8. The Morgan fingerprint density at radius 2 is 1.75 bits per heavy atom. The molecule has 166 valence electrons. The zero-order chi connectivity index (χ0) is 21.3. The average Bonchev–Trinajstić information content (AvgIpc) is 3.52. The summed E-state index contributed by atoms with van der Waals surface area (Å²) in [6, 6.07) is 24.8. The SMILES string of the molecule is CN=C(NCc1nc(-c2ccco2)n[nH]1)NCC(Cc1ccccc1)c1ccccc1.I. The van der Waals surface area contributed by atoms with Crippen molar-refractivity contribution in [3.8, 4) is 11.6 Å². The minimum absolute atomic E-state index is 0. The molecular weight excluding hydrogens is 515 g/mol. The Bertz CT molecular complexity index is 1080. The number of nitrogens with zero attached hydrogens (tertiary/aromatic N) is 3. The third kappa shape index (κ3) is 6.43. The normalized spacial score (nSPS) is 12.1. The zero-order valence-electron chi connectivity index (χ0n) is 17.9. The van der Waals surface area contributed by atoms with E-state index in [1.807, 2.05) is 24.3 Å². The predicted octanol–water partition coefficient (Wildman–Crippen LogP) is 4.37. The molecule has 3 N–H and O–H groups in total. The largest absolute Gasteiger partial charge is 0.461 e. The van der Waals surface area contributed by atoms with Gasteiger partial charge in [-0.1, -0.05) is 60.7 Å². The highest BCUT2D eigenvalue weighted by Gasteiger charge is 2.14. The molecule has 4 aromatic rings. The summed E-state index contributed by atoms with van der Waals surface area (Å²) in [6.07, 6.45) is 2.55. The van der Waals surface area contributed by atoms with E-state index in [1.54, 1.807) is 13.3 Å². The van der Waals surface area contributed by atoms with E-state index in [2.05, 4.69) is 79.3 Å². The Hall–Kier alpha value is -3.14. The quantitative estimate of drug-likeness (QED) is 0.175. The van der Waals surface area contributed by atoms with E-state index in [-0.39, 0.29) is 24.0 Å². The molecule has 0 radical (unpaired) electrons. The van der Waals surface area contributed by atoms with Crippen LogP contribution in [0.25, 0.3) is 11.6 Å². The van der Waals surface area contributed by atoms with Crippen molar-refractivity contribution in [2.45, 2.75) is 18.9 Å². The number of hydrogen-bond acceptors (Lipinski definition) is 4. The smallest absolute Gasteiger partial charge is 0.216 e. The van der Waals surface area contributed by atoms with Crippen molar-refractivity contribution >= 4 is 29.9 Å². The van der Waals surface area contributed by atoms with Crippen molar-refractivity contribution in [3.63, 3.8) is 0 Å². The van der Waals surface area contributed by atoms with Crippen LogP contribution < -0.4 is 10.6 Å². The standard InChI is InChI=1S/C24H26N6O.HI/c1-25-24(27-17-22-28-23(30-29-22)21-13-8-14-31-21)26-16-20(19-11-6-3-7-12-19)15-18-9-4-2-5-10-18;/h2-14,20H,15-17H2,1H3,(H2,25,26,27)(H,28,29,30);1H. The minimum Gasteiger partial charge on any atom is -0.461 e. The molecule has 0 fully saturated rings. The number of aromatic nitrogens is 3. The van der Waals surface area contributed by atoms with Gasteiger partial charge < -0.3 is 15.1 Å². The fraction of sp³-hybridized carbons (Fsp3) is 0.208. The Balaban J connectivity index is 0.00000289. The first-order chi connectivity index (χ1) is 15.3. The second-order valence-electron chi connectivity index (χ2n) is 7.19. The Labute approximate surface area is 204 Å². The highest BCUT2D eigenvalue weighted by Crippen LogP contribution is 2.20. The van der Waals surface area contributed by atoms with E-state index in [0.717, 1.165) is 13.0 Å². The fourth-order valence-electron chi connectivity index (χ4n) is 3.43. The molecule has 7 nitrogen and oxygen atoms in total. The lowest BCUT2D eigenvalue weighted by molar-refractivity contribution is 0.577. The van der Waals surface area contributed by atoms with Gasteiger partial charge in [0.05, 0.1) is 12.8 Å². The Morgan fingerprint density at radius 1 is 1.00 bits per heavy atom. The van der Waals surface area contributed by atoms with E-state index in [1.165, 1.54) is 11.1 Å². The van der Waals surface area contributed by atoms with Gasteiger partial charge in [-0.25, -0.2) is 4.98 Å². The number of aromatic amines is 1. The number of halogens is 1. The molecule has 0 aliphatic heterocycles. The summed E-state index contributed by atoms with van der Waals surface area (Å²) in [6.45, 7) is 1.23.